The Labute approximate surface area is 148 Å². The minimum atomic E-state index is 0.630. The van der Waals surface area contributed by atoms with E-state index in [0.717, 1.165) is 22.1 Å². The fourth-order valence-corrected chi connectivity index (χ4v) is 2.98. The number of ether oxygens (including phenoxy) is 1. The van der Waals surface area contributed by atoms with E-state index in [1.54, 1.807) is 13.3 Å². The molecule has 4 aromatic rings. The molecule has 0 aliphatic heterocycles. The molecule has 0 amide bonds. The first kappa shape index (κ1) is 15.3. The smallest absolute Gasteiger partial charge is 0.188 e. The molecule has 7 heteroatoms. The molecule has 4 rings (SSSR count). The summed E-state index contributed by atoms with van der Waals surface area (Å²) in [4.78, 5) is 8.79. The molecule has 25 heavy (non-hydrogen) atoms. The van der Waals surface area contributed by atoms with Crippen molar-refractivity contribution in [1.82, 2.24) is 15.1 Å². The number of hydrogen-bond acceptors (Lipinski definition) is 7. The predicted octanol–water partition coefficient (Wildman–Crippen LogP) is 4.61. The Morgan fingerprint density at radius 2 is 1.96 bits per heavy atom. The maximum Gasteiger partial charge on any atom is 0.188 e. The second-order valence-corrected chi connectivity index (χ2v) is 6.05. The van der Waals surface area contributed by atoms with Crippen molar-refractivity contribution in [3.63, 3.8) is 0 Å². The van der Waals surface area contributed by atoms with Crippen molar-refractivity contribution in [3.8, 4) is 28.5 Å². The second-order valence-electron chi connectivity index (χ2n) is 5.19. The van der Waals surface area contributed by atoms with Gasteiger partial charge in [-0.15, -0.1) is 11.3 Å². The lowest BCUT2D eigenvalue weighted by atomic mass is 10.1. The summed E-state index contributed by atoms with van der Waals surface area (Å²) < 4.78 is 10.5. The Kier molecular flexibility index (Phi) is 4.14. The van der Waals surface area contributed by atoms with Crippen LogP contribution in [0.2, 0.25) is 0 Å². The van der Waals surface area contributed by atoms with Crippen molar-refractivity contribution in [2.24, 2.45) is 0 Å². The Morgan fingerprint density at radius 3 is 2.72 bits per heavy atom. The van der Waals surface area contributed by atoms with E-state index < -0.39 is 0 Å². The van der Waals surface area contributed by atoms with E-state index in [1.807, 2.05) is 53.9 Å². The fourth-order valence-electron chi connectivity index (χ4n) is 2.27. The van der Waals surface area contributed by atoms with Gasteiger partial charge >= 0.3 is 0 Å². The second kappa shape index (κ2) is 6.74. The van der Waals surface area contributed by atoms with E-state index in [0.29, 0.717) is 17.3 Å². The highest BCUT2D eigenvalue weighted by molar-refractivity contribution is 7.14. The molecule has 0 saturated heterocycles. The van der Waals surface area contributed by atoms with Gasteiger partial charge in [-0.25, -0.2) is 9.97 Å². The summed E-state index contributed by atoms with van der Waals surface area (Å²) in [5, 5.41) is 9.93. The summed E-state index contributed by atoms with van der Waals surface area (Å²) in [6.07, 6.45) is 1.65. The van der Waals surface area contributed by atoms with E-state index in [1.165, 1.54) is 11.3 Å². The van der Waals surface area contributed by atoms with Crippen LogP contribution in [-0.4, -0.2) is 22.2 Å². The van der Waals surface area contributed by atoms with Crippen molar-refractivity contribution >= 4 is 22.3 Å². The normalized spacial score (nSPS) is 10.6. The predicted molar refractivity (Wildman–Crippen MR) is 97.1 cm³/mol. The van der Waals surface area contributed by atoms with E-state index in [2.05, 4.69) is 20.4 Å². The summed E-state index contributed by atoms with van der Waals surface area (Å²) in [5.74, 6) is 2.04. The highest BCUT2D eigenvalue weighted by Crippen LogP contribution is 2.29. The Balaban J connectivity index is 1.52. The number of rotatable bonds is 5. The van der Waals surface area contributed by atoms with Crippen LogP contribution in [0.3, 0.4) is 0 Å². The monoisotopic (exact) mass is 350 g/mol. The van der Waals surface area contributed by atoms with Crippen molar-refractivity contribution in [2.45, 2.75) is 0 Å². The highest BCUT2D eigenvalue weighted by Gasteiger charge is 2.12. The molecule has 0 saturated carbocycles. The summed E-state index contributed by atoms with van der Waals surface area (Å²) >= 11 is 1.47. The topological polar surface area (TPSA) is 73.1 Å². The molecule has 1 aromatic carbocycles. The summed E-state index contributed by atoms with van der Waals surface area (Å²) in [5.41, 5.74) is 2.53. The largest absolute Gasteiger partial charge is 0.495 e. The van der Waals surface area contributed by atoms with Crippen LogP contribution < -0.4 is 10.1 Å². The molecule has 0 atom stereocenters. The number of thiazole rings is 1. The maximum absolute atomic E-state index is 5.43. The molecule has 0 radical (unpaired) electrons. The number of anilines is 2. The Hall–Kier alpha value is -3.19. The van der Waals surface area contributed by atoms with Gasteiger partial charge in [0.05, 0.1) is 13.3 Å². The lowest BCUT2D eigenvalue weighted by Crippen LogP contribution is -1.93. The van der Waals surface area contributed by atoms with E-state index >= 15 is 0 Å². The van der Waals surface area contributed by atoms with Crippen LogP contribution in [0.5, 0.6) is 5.75 Å². The molecule has 0 aliphatic carbocycles. The van der Waals surface area contributed by atoms with E-state index in [9.17, 15) is 0 Å². The quantitative estimate of drug-likeness (QED) is 0.566. The van der Waals surface area contributed by atoms with Crippen molar-refractivity contribution in [3.05, 3.63) is 60.1 Å². The molecule has 0 aliphatic rings. The number of nitrogens with one attached hydrogen (secondary N) is 1. The van der Waals surface area contributed by atoms with Crippen LogP contribution in [0.4, 0.5) is 10.9 Å². The first-order valence-corrected chi connectivity index (χ1v) is 8.45. The molecule has 124 valence electrons. The van der Waals surface area contributed by atoms with Gasteiger partial charge in [-0.1, -0.05) is 35.5 Å². The SMILES string of the molecule is COc1ccc(Nc2nc(-c3cc(-c4ccccc4)no3)cs2)nc1. The average molecular weight is 350 g/mol. The summed E-state index contributed by atoms with van der Waals surface area (Å²) in [6, 6.07) is 15.5. The van der Waals surface area contributed by atoms with Crippen molar-refractivity contribution in [2.75, 3.05) is 12.4 Å². The van der Waals surface area contributed by atoms with Crippen LogP contribution in [0.15, 0.2) is 64.6 Å². The molecule has 3 aromatic heterocycles. The summed E-state index contributed by atoms with van der Waals surface area (Å²) in [7, 11) is 1.61. The first-order chi connectivity index (χ1) is 12.3. The van der Waals surface area contributed by atoms with Gasteiger partial charge < -0.3 is 14.6 Å². The average Bonchev–Trinajstić information content (AvgIpc) is 3.32. The van der Waals surface area contributed by atoms with Gasteiger partial charge in [0, 0.05) is 17.0 Å². The first-order valence-electron chi connectivity index (χ1n) is 7.57. The Bertz CT molecular complexity index is 964. The van der Waals surface area contributed by atoms with Gasteiger partial charge in [0.2, 0.25) is 0 Å². The van der Waals surface area contributed by atoms with Crippen LogP contribution in [0.25, 0.3) is 22.7 Å². The zero-order chi connectivity index (χ0) is 17.1. The van der Waals surface area contributed by atoms with Crippen molar-refractivity contribution < 1.29 is 9.26 Å². The molecule has 6 nitrogen and oxygen atoms in total. The molecule has 0 fully saturated rings. The van der Waals surface area contributed by atoms with Gasteiger partial charge in [-0.3, -0.25) is 0 Å². The third kappa shape index (κ3) is 3.36. The van der Waals surface area contributed by atoms with Gasteiger partial charge in [0.15, 0.2) is 10.9 Å². The Morgan fingerprint density at radius 1 is 1.08 bits per heavy atom. The zero-order valence-corrected chi connectivity index (χ0v) is 14.2. The third-order valence-corrected chi connectivity index (χ3v) is 4.30. The van der Waals surface area contributed by atoms with Gasteiger partial charge in [0.1, 0.15) is 23.0 Å². The minimum absolute atomic E-state index is 0.630. The number of methoxy groups -OCH3 is 1. The number of hydrogen-bond donors (Lipinski definition) is 1. The van der Waals surface area contributed by atoms with Gasteiger partial charge in [0.25, 0.3) is 0 Å². The van der Waals surface area contributed by atoms with Gasteiger partial charge in [-0.2, -0.15) is 0 Å². The number of benzene rings is 1. The third-order valence-electron chi connectivity index (χ3n) is 3.54. The highest BCUT2D eigenvalue weighted by atomic mass is 32.1. The van der Waals surface area contributed by atoms with Crippen LogP contribution in [0.1, 0.15) is 0 Å². The summed E-state index contributed by atoms with van der Waals surface area (Å²) in [6.45, 7) is 0. The lowest BCUT2D eigenvalue weighted by Gasteiger charge is -2.02. The number of aromatic nitrogens is 3. The van der Waals surface area contributed by atoms with Crippen LogP contribution in [-0.2, 0) is 0 Å². The van der Waals surface area contributed by atoms with Crippen LogP contribution >= 0.6 is 11.3 Å². The van der Waals surface area contributed by atoms with Gasteiger partial charge in [-0.05, 0) is 12.1 Å². The fraction of sp³-hybridized carbons (Fsp3) is 0.0556. The minimum Gasteiger partial charge on any atom is -0.495 e. The van der Waals surface area contributed by atoms with E-state index in [-0.39, 0.29) is 0 Å². The zero-order valence-electron chi connectivity index (χ0n) is 13.3. The van der Waals surface area contributed by atoms with Crippen LogP contribution in [0, 0.1) is 0 Å². The molecule has 3 heterocycles. The van der Waals surface area contributed by atoms with E-state index in [4.69, 9.17) is 9.26 Å². The van der Waals surface area contributed by atoms with Crippen molar-refractivity contribution in [1.29, 1.82) is 0 Å². The standard InChI is InChI=1S/C18H14N4O2S/c1-23-13-7-8-17(19-10-13)21-18-20-15(11-25-18)16-9-14(22-24-16)12-5-3-2-4-6-12/h2-11H,1H3,(H,19,20,21). The number of pyridine rings is 1. The molecule has 1 N–H and O–H groups in total. The molecule has 0 bridgehead atoms. The maximum atomic E-state index is 5.43. The molecule has 0 spiro atoms. The lowest BCUT2D eigenvalue weighted by molar-refractivity contribution is 0.413. The number of nitrogens with zero attached hydrogens (tertiary/aromatic N) is 3. The molecule has 0 unspecified atom stereocenters. The molecular weight excluding hydrogens is 336 g/mol. The molecular formula is C18H14N4O2S.